The van der Waals surface area contributed by atoms with Gasteiger partial charge in [-0.05, 0) is 6.92 Å². The van der Waals surface area contributed by atoms with Crippen LogP contribution in [-0.4, -0.2) is 10.9 Å². The molecule has 0 saturated carbocycles. The third-order valence-corrected chi connectivity index (χ3v) is 1.79. The summed E-state index contributed by atoms with van der Waals surface area (Å²) in [7, 11) is 0. The molecule has 0 aliphatic rings. The molecule has 0 radical (unpaired) electrons. The van der Waals surface area contributed by atoms with Crippen LogP contribution in [-0.2, 0) is 0 Å². The zero-order valence-electron chi connectivity index (χ0n) is 5.33. The van der Waals surface area contributed by atoms with Gasteiger partial charge in [-0.1, -0.05) is 0 Å². The molecular formula is C5H7ClN2OS. The molecule has 0 aliphatic heterocycles. The van der Waals surface area contributed by atoms with Gasteiger partial charge in [0.2, 0.25) is 0 Å². The van der Waals surface area contributed by atoms with Crippen molar-refractivity contribution in [2.24, 2.45) is 5.73 Å². The fourth-order valence-electron chi connectivity index (χ4n) is 0.475. The lowest BCUT2D eigenvalue weighted by atomic mass is 10.5. The highest BCUT2D eigenvalue weighted by Crippen LogP contribution is 2.09. The number of primary amides is 1. The second kappa shape index (κ2) is 3.53. The Hall–Kier alpha value is -0.610. The van der Waals surface area contributed by atoms with Crippen molar-refractivity contribution >= 4 is 29.7 Å². The number of nitrogens with two attached hydrogens (primary N) is 1. The van der Waals surface area contributed by atoms with Crippen LogP contribution in [0.4, 0.5) is 0 Å². The van der Waals surface area contributed by atoms with Gasteiger partial charge >= 0.3 is 0 Å². The van der Waals surface area contributed by atoms with Crippen LogP contribution >= 0.6 is 23.7 Å². The number of carbonyl (C=O) groups excluding carboxylic acids is 1. The molecule has 10 heavy (non-hydrogen) atoms. The van der Waals surface area contributed by atoms with Crippen molar-refractivity contribution in [3.05, 3.63) is 16.1 Å². The Balaban J connectivity index is 0.000000810. The smallest absolute Gasteiger partial charge is 0.260 e. The van der Waals surface area contributed by atoms with Crippen molar-refractivity contribution in [1.29, 1.82) is 0 Å². The van der Waals surface area contributed by atoms with E-state index >= 15 is 0 Å². The van der Waals surface area contributed by atoms with Gasteiger partial charge in [-0.3, -0.25) is 4.79 Å². The second-order valence-corrected chi connectivity index (χ2v) is 2.84. The maximum atomic E-state index is 10.4. The zero-order chi connectivity index (χ0) is 6.85. The largest absolute Gasteiger partial charge is 0.365 e. The van der Waals surface area contributed by atoms with E-state index in [1.165, 1.54) is 17.5 Å². The van der Waals surface area contributed by atoms with Crippen molar-refractivity contribution in [3.63, 3.8) is 0 Å². The van der Waals surface area contributed by atoms with E-state index in [0.717, 1.165) is 5.01 Å². The zero-order valence-corrected chi connectivity index (χ0v) is 6.96. The van der Waals surface area contributed by atoms with Crippen LogP contribution in [0.2, 0.25) is 0 Å². The molecule has 5 heteroatoms. The van der Waals surface area contributed by atoms with Gasteiger partial charge in [0.15, 0.2) is 0 Å². The van der Waals surface area contributed by atoms with Gasteiger partial charge in [0.05, 0.1) is 11.2 Å². The molecule has 56 valence electrons. The number of hydrogen-bond acceptors (Lipinski definition) is 3. The normalized spacial score (nSPS) is 8.50. The molecule has 0 atom stereocenters. The first-order valence-electron chi connectivity index (χ1n) is 2.42. The van der Waals surface area contributed by atoms with E-state index in [4.69, 9.17) is 5.73 Å². The molecule has 1 rings (SSSR count). The average Bonchev–Trinajstić information content (AvgIpc) is 2.14. The third kappa shape index (κ3) is 1.97. The SMILES string of the molecule is Cc1ncc(C(N)=O)s1.Cl. The summed E-state index contributed by atoms with van der Waals surface area (Å²) in [6.07, 6.45) is 1.49. The standard InChI is InChI=1S/C5H6N2OS.ClH/c1-3-7-2-4(9-3)5(6)8;/h2H,1H3,(H2,6,8);1H. The summed E-state index contributed by atoms with van der Waals surface area (Å²) < 4.78 is 0. The Kier molecular flexibility index (Phi) is 3.32. The monoisotopic (exact) mass is 178 g/mol. The Morgan fingerprint density at radius 1 is 1.80 bits per heavy atom. The average molecular weight is 179 g/mol. The molecule has 0 fully saturated rings. The number of amides is 1. The van der Waals surface area contributed by atoms with E-state index in [9.17, 15) is 4.79 Å². The number of rotatable bonds is 1. The quantitative estimate of drug-likeness (QED) is 0.697. The second-order valence-electron chi connectivity index (χ2n) is 1.61. The van der Waals surface area contributed by atoms with E-state index in [0.29, 0.717) is 4.88 Å². The van der Waals surface area contributed by atoms with Gasteiger partial charge < -0.3 is 5.73 Å². The van der Waals surface area contributed by atoms with E-state index in [1.54, 1.807) is 0 Å². The Bertz CT molecular complexity index is 235. The lowest BCUT2D eigenvalue weighted by molar-refractivity contribution is 0.100. The highest BCUT2D eigenvalue weighted by atomic mass is 35.5. The van der Waals surface area contributed by atoms with Crippen LogP contribution in [0, 0.1) is 6.92 Å². The maximum absolute atomic E-state index is 10.4. The third-order valence-electron chi connectivity index (χ3n) is 0.864. The van der Waals surface area contributed by atoms with E-state index in [-0.39, 0.29) is 12.4 Å². The molecule has 0 spiro atoms. The first-order chi connectivity index (χ1) is 4.20. The molecule has 1 amide bonds. The van der Waals surface area contributed by atoms with Crippen LogP contribution in [0.3, 0.4) is 0 Å². The summed E-state index contributed by atoms with van der Waals surface area (Å²) in [5.74, 6) is -0.402. The fourth-order valence-corrected chi connectivity index (χ4v) is 1.10. The van der Waals surface area contributed by atoms with E-state index in [2.05, 4.69) is 4.98 Å². The van der Waals surface area contributed by atoms with E-state index < -0.39 is 5.91 Å². The number of nitrogens with zero attached hydrogens (tertiary/aromatic N) is 1. The topological polar surface area (TPSA) is 56.0 Å². The molecule has 0 unspecified atom stereocenters. The lowest BCUT2D eigenvalue weighted by Gasteiger charge is -1.79. The summed E-state index contributed by atoms with van der Waals surface area (Å²) in [6.45, 7) is 1.83. The van der Waals surface area contributed by atoms with Gasteiger partial charge in [-0.2, -0.15) is 0 Å². The molecule has 3 nitrogen and oxygen atoms in total. The van der Waals surface area contributed by atoms with Crippen LogP contribution in [0.5, 0.6) is 0 Å². The number of hydrogen-bond donors (Lipinski definition) is 1. The van der Waals surface area contributed by atoms with Crippen LogP contribution in [0.25, 0.3) is 0 Å². The molecular weight excluding hydrogens is 172 g/mol. The predicted octanol–water partition coefficient (Wildman–Crippen LogP) is 0.972. The van der Waals surface area contributed by atoms with Gasteiger partial charge in [0.1, 0.15) is 4.88 Å². The van der Waals surface area contributed by atoms with Gasteiger partial charge in [0, 0.05) is 0 Å². The van der Waals surface area contributed by atoms with E-state index in [1.807, 2.05) is 6.92 Å². The van der Waals surface area contributed by atoms with Gasteiger partial charge in [-0.25, -0.2) is 4.98 Å². The van der Waals surface area contributed by atoms with Crippen LogP contribution in [0.1, 0.15) is 14.7 Å². The first kappa shape index (κ1) is 9.39. The highest BCUT2D eigenvalue weighted by Gasteiger charge is 2.01. The molecule has 0 bridgehead atoms. The highest BCUT2D eigenvalue weighted by molar-refractivity contribution is 7.13. The number of halogens is 1. The molecule has 1 aromatic rings. The summed E-state index contributed by atoms with van der Waals surface area (Å²) in [4.78, 5) is 14.8. The number of aryl methyl sites for hydroxylation is 1. The van der Waals surface area contributed by atoms with Crippen molar-refractivity contribution in [3.8, 4) is 0 Å². The van der Waals surface area contributed by atoms with Crippen molar-refractivity contribution < 1.29 is 4.79 Å². The summed E-state index contributed by atoms with van der Waals surface area (Å²) in [5.41, 5.74) is 4.96. The summed E-state index contributed by atoms with van der Waals surface area (Å²) >= 11 is 1.31. The Morgan fingerprint density at radius 3 is 2.60 bits per heavy atom. The maximum Gasteiger partial charge on any atom is 0.260 e. The number of thiazole rings is 1. The number of aromatic nitrogens is 1. The van der Waals surface area contributed by atoms with Crippen molar-refractivity contribution in [2.45, 2.75) is 6.92 Å². The predicted molar refractivity (Wildman–Crippen MR) is 42.6 cm³/mol. The molecule has 0 aliphatic carbocycles. The molecule has 1 aromatic heterocycles. The molecule has 0 aromatic carbocycles. The van der Waals surface area contributed by atoms with Gasteiger partial charge in [-0.15, -0.1) is 23.7 Å². The lowest BCUT2D eigenvalue weighted by Crippen LogP contribution is -2.08. The Morgan fingerprint density at radius 2 is 2.40 bits per heavy atom. The summed E-state index contributed by atoms with van der Waals surface area (Å²) in [6, 6.07) is 0. The van der Waals surface area contributed by atoms with Crippen molar-refractivity contribution in [1.82, 2.24) is 4.98 Å². The van der Waals surface area contributed by atoms with Crippen LogP contribution < -0.4 is 5.73 Å². The van der Waals surface area contributed by atoms with Crippen molar-refractivity contribution in [2.75, 3.05) is 0 Å². The minimum absolute atomic E-state index is 0. The number of carbonyl (C=O) groups is 1. The molecule has 0 saturated heterocycles. The minimum Gasteiger partial charge on any atom is -0.365 e. The minimum atomic E-state index is -0.402. The molecule has 2 N–H and O–H groups in total. The van der Waals surface area contributed by atoms with Crippen LogP contribution in [0.15, 0.2) is 6.20 Å². The summed E-state index contributed by atoms with van der Waals surface area (Å²) in [5, 5.41) is 0.865. The molecule has 1 heterocycles. The first-order valence-corrected chi connectivity index (χ1v) is 3.24. The fraction of sp³-hybridized carbons (Fsp3) is 0.200. The Labute approximate surface area is 68.7 Å². The van der Waals surface area contributed by atoms with Gasteiger partial charge in [0.25, 0.3) is 5.91 Å².